The molecule has 3 aromatic carbocycles. The Labute approximate surface area is 191 Å². The quantitative estimate of drug-likeness (QED) is 0.588. The van der Waals surface area contributed by atoms with Gasteiger partial charge in [0.1, 0.15) is 11.0 Å². The number of benzene rings is 3. The van der Waals surface area contributed by atoms with Crippen molar-refractivity contribution in [1.29, 1.82) is 0 Å². The van der Waals surface area contributed by atoms with Crippen LogP contribution >= 0.6 is 11.8 Å². The third-order valence-corrected chi connectivity index (χ3v) is 6.14. The maximum atomic E-state index is 13.1. The highest BCUT2D eigenvalue weighted by Gasteiger charge is 2.36. The van der Waals surface area contributed by atoms with E-state index in [9.17, 15) is 9.59 Å². The van der Waals surface area contributed by atoms with Crippen molar-refractivity contribution in [2.45, 2.75) is 18.2 Å². The molecule has 1 fully saturated rings. The molecule has 4 rings (SSSR count). The number of nitrogens with one attached hydrogen (secondary N) is 1. The number of para-hydroxylation sites is 2. The normalized spacial score (nSPS) is 17.3. The highest BCUT2D eigenvalue weighted by molar-refractivity contribution is 8.15. The number of aliphatic imine (C=N–C) groups is 1. The fraction of sp³-hybridized carbons (Fsp3) is 0.160. The second-order valence-electron chi connectivity index (χ2n) is 7.22. The largest absolute Gasteiger partial charge is 0.497 e. The van der Waals surface area contributed by atoms with Crippen LogP contribution in [0.5, 0.6) is 5.75 Å². The number of carbonyl (C=O) groups excluding carboxylic acids is 2. The summed E-state index contributed by atoms with van der Waals surface area (Å²) in [5.41, 5.74) is 2.38. The van der Waals surface area contributed by atoms with Crippen molar-refractivity contribution in [3.63, 3.8) is 0 Å². The molecule has 1 aliphatic heterocycles. The first kappa shape index (κ1) is 21.6. The van der Waals surface area contributed by atoms with E-state index < -0.39 is 5.25 Å². The molecule has 1 atom stereocenters. The van der Waals surface area contributed by atoms with Crippen molar-refractivity contribution in [3.05, 3.63) is 90.5 Å². The van der Waals surface area contributed by atoms with E-state index in [0.717, 1.165) is 17.0 Å². The van der Waals surface area contributed by atoms with Crippen LogP contribution in [-0.4, -0.2) is 34.2 Å². The molecule has 6 nitrogen and oxygen atoms in total. The molecular weight excluding hydrogens is 422 g/mol. The van der Waals surface area contributed by atoms with Gasteiger partial charge < -0.3 is 10.1 Å². The molecule has 0 bridgehead atoms. The third kappa shape index (κ3) is 5.36. The SMILES string of the molecule is COc1ccc(CN2C(=O)CC(C(=O)Nc3ccccc3)SC2=Nc2ccccc2)cc1. The van der Waals surface area contributed by atoms with Crippen LogP contribution in [0, 0.1) is 0 Å². The summed E-state index contributed by atoms with van der Waals surface area (Å²) < 4.78 is 5.22. The zero-order valence-corrected chi connectivity index (χ0v) is 18.4. The van der Waals surface area contributed by atoms with E-state index in [4.69, 9.17) is 9.73 Å². The summed E-state index contributed by atoms with van der Waals surface area (Å²) in [5, 5.41) is 2.85. The lowest BCUT2D eigenvalue weighted by Crippen LogP contribution is -2.44. The predicted octanol–water partition coefficient (Wildman–Crippen LogP) is 4.86. The molecule has 7 heteroatoms. The van der Waals surface area contributed by atoms with Gasteiger partial charge in [-0.15, -0.1) is 0 Å². The zero-order chi connectivity index (χ0) is 22.3. The van der Waals surface area contributed by atoms with Gasteiger partial charge in [0, 0.05) is 12.1 Å². The Balaban J connectivity index is 1.58. The lowest BCUT2D eigenvalue weighted by atomic mass is 10.2. The molecule has 0 saturated carbocycles. The third-order valence-electron chi connectivity index (χ3n) is 4.95. The molecule has 1 heterocycles. The molecule has 0 aliphatic carbocycles. The summed E-state index contributed by atoms with van der Waals surface area (Å²) in [6.07, 6.45) is 0.104. The van der Waals surface area contributed by atoms with Crippen LogP contribution in [0.4, 0.5) is 11.4 Å². The van der Waals surface area contributed by atoms with Crippen molar-refractivity contribution in [2.24, 2.45) is 4.99 Å². The second-order valence-corrected chi connectivity index (χ2v) is 8.39. The van der Waals surface area contributed by atoms with Gasteiger partial charge in [0.2, 0.25) is 11.8 Å². The summed E-state index contributed by atoms with van der Waals surface area (Å²) in [4.78, 5) is 32.3. The van der Waals surface area contributed by atoms with Crippen LogP contribution < -0.4 is 10.1 Å². The standard InChI is InChI=1S/C25H23N3O3S/c1-31-21-14-12-18(13-15-21)17-28-23(29)16-22(24(30)26-19-8-4-2-5-9-19)32-25(28)27-20-10-6-3-7-11-20/h2-15,22H,16-17H2,1H3,(H,26,30). The van der Waals surface area contributed by atoms with E-state index >= 15 is 0 Å². The van der Waals surface area contributed by atoms with Crippen molar-refractivity contribution in [1.82, 2.24) is 4.90 Å². The molecule has 1 saturated heterocycles. The minimum atomic E-state index is -0.558. The van der Waals surface area contributed by atoms with E-state index in [1.54, 1.807) is 12.0 Å². The fourth-order valence-corrected chi connectivity index (χ4v) is 4.37. The Hall–Kier alpha value is -3.58. The molecule has 162 valence electrons. The van der Waals surface area contributed by atoms with Gasteiger partial charge in [0.15, 0.2) is 5.17 Å². The lowest BCUT2D eigenvalue weighted by Gasteiger charge is -2.32. The van der Waals surface area contributed by atoms with Gasteiger partial charge in [-0.3, -0.25) is 14.5 Å². The summed E-state index contributed by atoms with van der Waals surface area (Å²) in [6.45, 7) is 0.370. The van der Waals surface area contributed by atoms with E-state index in [0.29, 0.717) is 17.4 Å². The molecule has 3 aromatic rings. The molecule has 1 unspecified atom stereocenters. The molecule has 0 aromatic heterocycles. The highest BCUT2D eigenvalue weighted by atomic mass is 32.2. The van der Waals surface area contributed by atoms with Gasteiger partial charge in [-0.1, -0.05) is 60.3 Å². The molecule has 1 N–H and O–H groups in total. The number of methoxy groups -OCH3 is 1. The van der Waals surface area contributed by atoms with Crippen molar-refractivity contribution in [3.8, 4) is 5.75 Å². The topological polar surface area (TPSA) is 71.0 Å². The van der Waals surface area contributed by atoms with Crippen LogP contribution in [0.1, 0.15) is 12.0 Å². The number of thioether (sulfide) groups is 1. The molecule has 1 aliphatic rings. The van der Waals surface area contributed by atoms with Crippen LogP contribution in [0.3, 0.4) is 0 Å². The number of hydrogen-bond donors (Lipinski definition) is 1. The van der Waals surface area contributed by atoms with E-state index in [-0.39, 0.29) is 18.2 Å². The molecular formula is C25H23N3O3S. The maximum Gasteiger partial charge on any atom is 0.238 e. The Bertz CT molecular complexity index is 1100. The van der Waals surface area contributed by atoms with Gasteiger partial charge in [0.25, 0.3) is 0 Å². The molecule has 2 amide bonds. The van der Waals surface area contributed by atoms with Crippen LogP contribution in [0.25, 0.3) is 0 Å². The first-order valence-corrected chi connectivity index (χ1v) is 11.1. The Morgan fingerprint density at radius 1 is 1.03 bits per heavy atom. The second kappa shape index (κ2) is 10.2. The Morgan fingerprint density at radius 3 is 2.34 bits per heavy atom. The lowest BCUT2D eigenvalue weighted by molar-refractivity contribution is -0.129. The number of nitrogens with zero attached hydrogens (tertiary/aromatic N) is 2. The highest BCUT2D eigenvalue weighted by Crippen LogP contribution is 2.31. The summed E-state index contributed by atoms with van der Waals surface area (Å²) in [7, 11) is 1.62. The summed E-state index contributed by atoms with van der Waals surface area (Å²) >= 11 is 1.31. The minimum absolute atomic E-state index is 0.104. The fourth-order valence-electron chi connectivity index (χ4n) is 3.27. The van der Waals surface area contributed by atoms with Crippen LogP contribution in [0.2, 0.25) is 0 Å². The number of rotatable bonds is 6. The maximum absolute atomic E-state index is 13.1. The Kier molecular flexibility index (Phi) is 6.87. The van der Waals surface area contributed by atoms with Crippen molar-refractivity contribution in [2.75, 3.05) is 12.4 Å². The van der Waals surface area contributed by atoms with E-state index in [2.05, 4.69) is 5.32 Å². The first-order valence-electron chi connectivity index (χ1n) is 10.2. The molecule has 0 spiro atoms. The van der Waals surface area contributed by atoms with Gasteiger partial charge >= 0.3 is 0 Å². The number of amides is 2. The summed E-state index contributed by atoms with van der Waals surface area (Å²) in [5.74, 6) is 0.408. The smallest absolute Gasteiger partial charge is 0.238 e. The Morgan fingerprint density at radius 2 is 1.69 bits per heavy atom. The van der Waals surface area contributed by atoms with Crippen LogP contribution in [0.15, 0.2) is 89.9 Å². The van der Waals surface area contributed by atoms with Crippen molar-refractivity contribution < 1.29 is 14.3 Å². The predicted molar refractivity (Wildman–Crippen MR) is 128 cm³/mol. The van der Waals surface area contributed by atoms with Crippen molar-refractivity contribution >= 4 is 40.1 Å². The van der Waals surface area contributed by atoms with E-state index in [1.165, 1.54) is 11.8 Å². The number of carbonyl (C=O) groups is 2. The number of amidine groups is 1. The van der Waals surface area contributed by atoms with Gasteiger partial charge in [0.05, 0.1) is 19.3 Å². The average molecular weight is 446 g/mol. The number of hydrogen-bond acceptors (Lipinski definition) is 5. The zero-order valence-electron chi connectivity index (χ0n) is 17.6. The van der Waals surface area contributed by atoms with Gasteiger partial charge in [-0.2, -0.15) is 0 Å². The minimum Gasteiger partial charge on any atom is -0.497 e. The van der Waals surface area contributed by atoms with Crippen LogP contribution in [-0.2, 0) is 16.1 Å². The first-order chi connectivity index (χ1) is 15.6. The van der Waals surface area contributed by atoms with E-state index in [1.807, 2.05) is 84.9 Å². The monoisotopic (exact) mass is 445 g/mol. The average Bonchev–Trinajstić information content (AvgIpc) is 2.83. The van der Waals surface area contributed by atoms with Gasteiger partial charge in [-0.25, -0.2) is 4.99 Å². The summed E-state index contributed by atoms with van der Waals surface area (Å²) in [6, 6.07) is 26.2. The molecule has 32 heavy (non-hydrogen) atoms. The molecule has 0 radical (unpaired) electrons. The number of anilines is 1. The number of ether oxygens (including phenoxy) is 1. The van der Waals surface area contributed by atoms with Gasteiger partial charge in [-0.05, 0) is 42.0 Å².